The monoisotopic (exact) mass is 377 g/mol. The lowest BCUT2D eigenvalue weighted by molar-refractivity contribution is 0.434. The molecule has 0 amide bonds. The van der Waals surface area contributed by atoms with Crippen LogP contribution < -0.4 is 11.3 Å². The largest absolute Gasteiger partial charge is 0.437 e. The third-order valence-electron chi connectivity index (χ3n) is 4.62. The smallest absolute Gasteiger partial charge is 0.390 e. The van der Waals surface area contributed by atoms with Gasteiger partial charge in [0.05, 0.1) is 11.9 Å². The number of hydrogen-bond acceptors (Lipinski definition) is 6. The molecule has 0 bridgehead atoms. The fourth-order valence-corrected chi connectivity index (χ4v) is 3.03. The first-order chi connectivity index (χ1) is 13.5. The molecule has 4 rings (SSSR count). The molecule has 0 saturated carbocycles. The number of nitrogens with zero attached hydrogens (tertiary/aromatic N) is 5. The van der Waals surface area contributed by atoms with Gasteiger partial charge in [-0.1, -0.05) is 29.8 Å². The third kappa shape index (κ3) is 3.48. The minimum Gasteiger partial charge on any atom is -0.390 e. The first-order valence-corrected chi connectivity index (χ1v) is 8.94. The third-order valence-corrected chi connectivity index (χ3v) is 4.62. The molecule has 0 aliphatic rings. The Morgan fingerprint density at radius 1 is 1.04 bits per heavy atom. The number of hydrogen-bond donors (Lipinski definition) is 0. The number of aryl methyl sites for hydroxylation is 4. The van der Waals surface area contributed by atoms with E-state index < -0.39 is 5.76 Å². The van der Waals surface area contributed by atoms with E-state index in [4.69, 9.17) is 4.42 Å². The van der Waals surface area contributed by atoms with Gasteiger partial charge in [0, 0.05) is 6.20 Å². The summed E-state index contributed by atoms with van der Waals surface area (Å²) < 4.78 is 7.86. The molecule has 8 heteroatoms. The minimum absolute atomic E-state index is 0.0306. The van der Waals surface area contributed by atoms with Crippen LogP contribution in [0.15, 0.2) is 56.9 Å². The quantitative estimate of drug-likeness (QED) is 0.527. The van der Waals surface area contributed by atoms with E-state index >= 15 is 0 Å². The summed E-state index contributed by atoms with van der Waals surface area (Å²) in [4.78, 5) is 33.1. The number of pyridine rings is 1. The van der Waals surface area contributed by atoms with Gasteiger partial charge in [-0.15, -0.1) is 5.10 Å². The van der Waals surface area contributed by atoms with Crippen molar-refractivity contribution in [2.24, 2.45) is 0 Å². The van der Waals surface area contributed by atoms with Crippen molar-refractivity contribution in [3.05, 3.63) is 86.3 Å². The van der Waals surface area contributed by atoms with Gasteiger partial charge in [-0.2, -0.15) is 4.68 Å². The number of benzene rings is 1. The zero-order chi connectivity index (χ0) is 19.7. The van der Waals surface area contributed by atoms with Crippen LogP contribution in [0.1, 0.15) is 22.6 Å². The standard InChI is InChI=1S/C20H19N5O3/c1-13-3-5-15(6-4-13)8-10-25-20(27)28-16(23-25)11-24-12-22-18-17(19(24)26)14(2)7-9-21-18/h3-7,9,12H,8,10-11H2,1-2H3. The molecule has 1 aromatic carbocycles. The number of fused-ring (bicyclic) bond motifs is 1. The molecule has 0 spiro atoms. The van der Waals surface area contributed by atoms with Crippen LogP contribution in [0.2, 0.25) is 0 Å². The lowest BCUT2D eigenvalue weighted by Gasteiger charge is -2.05. The maximum absolute atomic E-state index is 12.7. The maximum atomic E-state index is 12.7. The number of aromatic nitrogens is 5. The van der Waals surface area contributed by atoms with Gasteiger partial charge in [0.25, 0.3) is 5.56 Å². The Morgan fingerprint density at radius 2 is 1.82 bits per heavy atom. The van der Waals surface area contributed by atoms with Gasteiger partial charge in [-0.05, 0) is 37.5 Å². The molecular weight excluding hydrogens is 358 g/mol. The van der Waals surface area contributed by atoms with Crippen LogP contribution in [0.3, 0.4) is 0 Å². The van der Waals surface area contributed by atoms with Crippen LogP contribution in [-0.4, -0.2) is 24.3 Å². The van der Waals surface area contributed by atoms with Crippen molar-refractivity contribution in [2.45, 2.75) is 33.4 Å². The minimum atomic E-state index is -0.540. The van der Waals surface area contributed by atoms with Crippen LogP contribution >= 0.6 is 0 Å². The second-order valence-corrected chi connectivity index (χ2v) is 6.72. The highest BCUT2D eigenvalue weighted by atomic mass is 16.4. The lowest BCUT2D eigenvalue weighted by atomic mass is 10.1. The highest BCUT2D eigenvalue weighted by molar-refractivity contribution is 5.76. The molecule has 0 atom stereocenters. The van der Waals surface area contributed by atoms with Gasteiger partial charge in [-0.3, -0.25) is 9.36 Å². The van der Waals surface area contributed by atoms with E-state index in [1.54, 1.807) is 12.3 Å². The molecule has 0 aliphatic heterocycles. The molecule has 0 fully saturated rings. The van der Waals surface area contributed by atoms with Crippen molar-refractivity contribution in [3.8, 4) is 0 Å². The molecule has 0 saturated heterocycles. The number of rotatable bonds is 5. The van der Waals surface area contributed by atoms with Crippen molar-refractivity contribution in [2.75, 3.05) is 0 Å². The van der Waals surface area contributed by atoms with Crippen molar-refractivity contribution >= 4 is 11.0 Å². The van der Waals surface area contributed by atoms with Gasteiger partial charge < -0.3 is 4.42 Å². The summed E-state index contributed by atoms with van der Waals surface area (Å²) in [6.07, 6.45) is 3.67. The summed E-state index contributed by atoms with van der Waals surface area (Å²) in [6, 6.07) is 9.87. The van der Waals surface area contributed by atoms with Crippen LogP contribution in [0.4, 0.5) is 0 Å². The Kier molecular flexibility index (Phi) is 4.60. The molecule has 0 aliphatic carbocycles. The fraction of sp³-hybridized carbons (Fsp3) is 0.250. The van der Waals surface area contributed by atoms with Gasteiger partial charge in [0.1, 0.15) is 12.9 Å². The topological polar surface area (TPSA) is 95.8 Å². The Morgan fingerprint density at radius 3 is 2.61 bits per heavy atom. The second-order valence-electron chi connectivity index (χ2n) is 6.72. The average molecular weight is 377 g/mol. The van der Waals surface area contributed by atoms with E-state index in [0.717, 1.165) is 11.1 Å². The molecule has 3 heterocycles. The van der Waals surface area contributed by atoms with E-state index in [1.165, 1.54) is 21.1 Å². The fourth-order valence-electron chi connectivity index (χ4n) is 3.03. The summed E-state index contributed by atoms with van der Waals surface area (Å²) in [5.41, 5.74) is 3.24. The molecule has 3 aromatic heterocycles. The molecule has 0 radical (unpaired) electrons. The Balaban J connectivity index is 1.56. The predicted molar refractivity (Wildman–Crippen MR) is 103 cm³/mol. The predicted octanol–water partition coefficient (Wildman–Crippen LogP) is 1.85. The highest BCUT2D eigenvalue weighted by Gasteiger charge is 2.12. The summed E-state index contributed by atoms with van der Waals surface area (Å²) >= 11 is 0. The van der Waals surface area contributed by atoms with E-state index in [2.05, 4.69) is 15.1 Å². The zero-order valence-electron chi connectivity index (χ0n) is 15.6. The van der Waals surface area contributed by atoms with Crippen LogP contribution in [-0.2, 0) is 19.5 Å². The SMILES string of the molecule is Cc1ccc(CCn2nc(Cn3cnc4nccc(C)c4c3=O)oc2=O)cc1. The van der Waals surface area contributed by atoms with Crippen molar-refractivity contribution in [1.29, 1.82) is 0 Å². The van der Waals surface area contributed by atoms with Crippen LogP contribution in [0.5, 0.6) is 0 Å². The van der Waals surface area contributed by atoms with E-state index in [0.29, 0.717) is 24.0 Å². The van der Waals surface area contributed by atoms with E-state index in [9.17, 15) is 9.59 Å². The Bertz CT molecular complexity index is 1250. The Hall–Kier alpha value is -3.55. The first kappa shape index (κ1) is 17.8. The van der Waals surface area contributed by atoms with Crippen molar-refractivity contribution in [1.82, 2.24) is 24.3 Å². The zero-order valence-corrected chi connectivity index (χ0v) is 15.6. The summed E-state index contributed by atoms with van der Waals surface area (Å²) in [5.74, 6) is -0.375. The van der Waals surface area contributed by atoms with Gasteiger partial charge >= 0.3 is 5.76 Å². The summed E-state index contributed by atoms with van der Waals surface area (Å²) in [5, 5.41) is 4.67. The van der Waals surface area contributed by atoms with Crippen molar-refractivity contribution in [3.63, 3.8) is 0 Å². The first-order valence-electron chi connectivity index (χ1n) is 8.94. The molecule has 8 nitrogen and oxygen atoms in total. The van der Waals surface area contributed by atoms with Gasteiger partial charge in [-0.25, -0.2) is 14.8 Å². The molecule has 28 heavy (non-hydrogen) atoms. The molecule has 4 aromatic rings. The van der Waals surface area contributed by atoms with Crippen LogP contribution in [0.25, 0.3) is 11.0 Å². The van der Waals surface area contributed by atoms with Crippen LogP contribution in [0, 0.1) is 13.8 Å². The summed E-state index contributed by atoms with van der Waals surface area (Å²) in [6.45, 7) is 4.29. The second kappa shape index (κ2) is 7.22. The van der Waals surface area contributed by atoms with E-state index in [-0.39, 0.29) is 18.0 Å². The van der Waals surface area contributed by atoms with E-state index in [1.807, 2.05) is 38.1 Å². The van der Waals surface area contributed by atoms with Crippen molar-refractivity contribution < 1.29 is 4.42 Å². The lowest BCUT2D eigenvalue weighted by Crippen LogP contribution is -2.22. The molecule has 0 unspecified atom stereocenters. The highest BCUT2D eigenvalue weighted by Crippen LogP contribution is 2.09. The maximum Gasteiger partial charge on any atom is 0.437 e. The Labute approximate surface area is 160 Å². The molecule has 0 N–H and O–H groups in total. The summed E-state index contributed by atoms with van der Waals surface area (Å²) in [7, 11) is 0. The molecular formula is C20H19N5O3. The van der Waals surface area contributed by atoms with Gasteiger partial charge in [0.2, 0.25) is 5.89 Å². The normalized spacial score (nSPS) is 11.2. The molecule has 142 valence electrons. The van der Waals surface area contributed by atoms with Gasteiger partial charge in [0.15, 0.2) is 5.65 Å². The average Bonchev–Trinajstić information content (AvgIpc) is 3.03.